The van der Waals surface area contributed by atoms with Crippen molar-refractivity contribution in [2.45, 2.75) is 18.5 Å². The molecule has 2 aromatic carbocycles. The summed E-state index contributed by atoms with van der Waals surface area (Å²) in [4.78, 5) is 18.0. The van der Waals surface area contributed by atoms with E-state index in [-0.39, 0.29) is 11.7 Å². The first kappa shape index (κ1) is 24.6. The molecule has 0 aliphatic heterocycles. The Bertz CT molecular complexity index is 1510. The number of benzene rings is 2. The lowest BCUT2D eigenvalue weighted by atomic mass is 10.1. The smallest absolute Gasteiger partial charge is 0.236 e. The third-order valence-electron chi connectivity index (χ3n) is 5.13. The van der Waals surface area contributed by atoms with E-state index in [4.69, 9.17) is 27.6 Å². The second kappa shape index (κ2) is 10.9. The third-order valence-corrected chi connectivity index (χ3v) is 7.71. The van der Waals surface area contributed by atoms with Gasteiger partial charge in [0.15, 0.2) is 16.0 Å². The van der Waals surface area contributed by atoms with Crippen LogP contribution in [0.5, 0.6) is 0 Å². The van der Waals surface area contributed by atoms with Crippen molar-refractivity contribution in [3.8, 4) is 17.3 Å². The zero-order valence-electron chi connectivity index (χ0n) is 18.9. The molecule has 0 saturated carbocycles. The predicted octanol–water partition coefficient (Wildman–Crippen LogP) is 6.92. The van der Waals surface area contributed by atoms with E-state index in [2.05, 4.69) is 20.5 Å². The average molecular weight is 557 g/mol. The molecule has 7 nitrogen and oxygen atoms in total. The van der Waals surface area contributed by atoms with Gasteiger partial charge in [-0.1, -0.05) is 53.2 Å². The molecular formula is C25H19Cl2N5O2S2. The van der Waals surface area contributed by atoms with Gasteiger partial charge in [-0.2, -0.15) is 0 Å². The summed E-state index contributed by atoms with van der Waals surface area (Å²) in [6, 6.07) is 17.1. The molecule has 0 spiro atoms. The van der Waals surface area contributed by atoms with Gasteiger partial charge in [-0.3, -0.25) is 9.36 Å². The van der Waals surface area contributed by atoms with Crippen LogP contribution in [0.25, 0.3) is 17.3 Å². The van der Waals surface area contributed by atoms with Gasteiger partial charge < -0.3 is 9.73 Å². The Morgan fingerprint density at radius 3 is 2.78 bits per heavy atom. The summed E-state index contributed by atoms with van der Waals surface area (Å²) in [6.07, 6.45) is 3.99. The molecule has 1 amide bonds. The summed E-state index contributed by atoms with van der Waals surface area (Å²) in [5, 5.41) is 13.7. The summed E-state index contributed by atoms with van der Waals surface area (Å²) in [7, 11) is 0. The Morgan fingerprint density at radius 2 is 2.00 bits per heavy atom. The highest BCUT2D eigenvalue weighted by molar-refractivity contribution is 7.99. The SMILES string of the molecule is Cc1cccc(-n2c(SCC(=O)Nc3ncc(Cc4ccc(Cl)c(Cl)c4)s3)nnc2-c2ccco2)c1. The second-order valence-corrected chi connectivity index (χ2v) is 10.7. The summed E-state index contributed by atoms with van der Waals surface area (Å²) >= 11 is 14.8. The van der Waals surface area contributed by atoms with Crippen molar-refractivity contribution in [2.75, 3.05) is 11.1 Å². The van der Waals surface area contributed by atoms with Crippen LogP contribution in [0.3, 0.4) is 0 Å². The highest BCUT2D eigenvalue weighted by Crippen LogP contribution is 2.29. The number of carbonyl (C=O) groups excluding carboxylic acids is 1. The first-order valence-corrected chi connectivity index (χ1v) is 13.4. The maximum Gasteiger partial charge on any atom is 0.236 e. The monoisotopic (exact) mass is 555 g/mol. The number of nitrogens with one attached hydrogen (secondary N) is 1. The summed E-state index contributed by atoms with van der Waals surface area (Å²) < 4.78 is 7.45. The van der Waals surface area contributed by atoms with Crippen LogP contribution in [0, 0.1) is 6.92 Å². The Morgan fingerprint density at radius 1 is 1.11 bits per heavy atom. The molecule has 182 valence electrons. The number of aromatic nitrogens is 4. The number of carbonyl (C=O) groups is 1. The summed E-state index contributed by atoms with van der Waals surface area (Å²) in [5.41, 5.74) is 3.01. The minimum absolute atomic E-state index is 0.143. The van der Waals surface area contributed by atoms with Gasteiger partial charge in [0.2, 0.25) is 11.7 Å². The average Bonchev–Trinajstić information content (AvgIpc) is 3.61. The van der Waals surface area contributed by atoms with Crippen molar-refractivity contribution >= 4 is 57.3 Å². The lowest BCUT2D eigenvalue weighted by Crippen LogP contribution is -2.14. The van der Waals surface area contributed by atoms with E-state index in [0.717, 1.165) is 21.7 Å². The first-order chi connectivity index (χ1) is 17.5. The van der Waals surface area contributed by atoms with E-state index in [1.807, 2.05) is 54.0 Å². The molecule has 0 saturated heterocycles. The number of halogens is 2. The number of amides is 1. The number of furan rings is 1. The molecule has 3 heterocycles. The van der Waals surface area contributed by atoms with Gasteiger partial charge in [0.25, 0.3) is 0 Å². The fourth-order valence-electron chi connectivity index (χ4n) is 3.51. The van der Waals surface area contributed by atoms with Gasteiger partial charge in [0.05, 0.1) is 27.7 Å². The van der Waals surface area contributed by atoms with E-state index in [0.29, 0.717) is 38.3 Å². The molecule has 5 aromatic rings. The number of aryl methyl sites for hydroxylation is 1. The van der Waals surface area contributed by atoms with Crippen LogP contribution in [0.1, 0.15) is 16.0 Å². The maximum absolute atomic E-state index is 12.7. The van der Waals surface area contributed by atoms with Crippen molar-refractivity contribution in [3.05, 3.63) is 93.1 Å². The van der Waals surface area contributed by atoms with Crippen LogP contribution in [0.4, 0.5) is 5.13 Å². The molecule has 3 aromatic heterocycles. The van der Waals surface area contributed by atoms with E-state index in [1.165, 1.54) is 23.1 Å². The Balaban J connectivity index is 1.27. The number of rotatable bonds is 8. The minimum atomic E-state index is -0.186. The zero-order valence-corrected chi connectivity index (χ0v) is 22.1. The molecule has 0 aliphatic carbocycles. The van der Waals surface area contributed by atoms with Crippen LogP contribution < -0.4 is 5.32 Å². The Kier molecular flexibility index (Phi) is 7.43. The van der Waals surface area contributed by atoms with Crippen LogP contribution >= 0.6 is 46.3 Å². The van der Waals surface area contributed by atoms with Crippen molar-refractivity contribution in [3.63, 3.8) is 0 Å². The number of nitrogens with zero attached hydrogens (tertiary/aromatic N) is 4. The van der Waals surface area contributed by atoms with Gasteiger partial charge in [-0.15, -0.1) is 21.5 Å². The van der Waals surface area contributed by atoms with Crippen molar-refractivity contribution < 1.29 is 9.21 Å². The highest BCUT2D eigenvalue weighted by atomic mass is 35.5. The normalized spacial score (nSPS) is 11.1. The topological polar surface area (TPSA) is 85.8 Å². The molecule has 0 fully saturated rings. The van der Waals surface area contributed by atoms with Gasteiger partial charge in [-0.05, 0) is 54.4 Å². The molecule has 0 unspecified atom stereocenters. The second-order valence-electron chi connectivity index (χ2n) is 7.85. The third kappa shape index (κ3) is 5.65. The molecule has 0 aliphatic rings. The van der Waals surface area contributed by atoms with Gasteiger partial charge in [0, 0.05) is 17.5 Å². The number of thiazole rings is 1. The van der Waals surface area contributed by atoms with Gasteiger partial charge >= 0.3 is 0 Å². The molecule has 36 heavy (non-hydrogen) atoms. The predicted molar refractivity (Wildman–Crippen MR) is 145 cm³/mol. The number of hydrogen-bond donors (Lipinski definition) is 1. The first-order valence-electron chi connectivity index (χ1n) is 10.8. The molecule has 0 bridgehead atoms. The Hall–Kier alpha value is -3.11. The summed E-state index contributed by atoms with van der Waals surface area (Å²) in [5.74, 6) is 1.12. The largest absolute Gasteiger partial charge is 0.461 e. The lowest BCUT2D eigenvalue weighted by molar-refractivity contribution is -0.113. The van der Waals surface area contributed by atoms with Crippen LogP contribution in [-0.4, -0.2) is 31.4 Å². The standard InChI is InChI=1S/C25H19Cl2N5O2S2/c1-15-4-2-5-17(10-15)32-23(21-6-3-9-34-21)30-31-25(32)35-14-22(33)29-24-28-13-18(36-24)11-16-7-8-19(26)20(27)12-16/h2-10,12-13H,11,14H2,1H3,(H,28,29,33). The van der Waals surface area contributed by atoms with Gasteiger partial charge in [0.1, 0.15) is 0 Å². The zero-order chi connectivity index (χ0) is 25.1. The molecule has 0 atom stereocenters. The lowest BCUT2D eigenvalue weighted by Gasteiger charge is -2.10. The quantitative estimate of drug-likeness (QED) is 0.209. The van der Waals surface area contributed by atoms with Crippen molar-refractivity contribution in [1.82, 2.24) is 19.7 Å². The minimum Gasteiger partial charge on any atom is -0.461 e. The van der Waals surface area contributed by atoms with Crippen LogP contribution in [0.2, 0.25) is 10.0 Å². The van der Waals surface area contributed by atoms with E-state index in [9.17, 15) is 4.79 Å². The molecule has 1 N–H and O–H groups in total. The summed E-state index contributed by atoms with van der Waals surface area (Å²) in [6.45, 7) is 2.02. The number of anilines is 1. The highest BCUT2D eigenvalue weighted by Gasteiger charge is 2.19. The fourth-order valence-corrected chi connectivity index (χ4v) is 5.45. The molecule has 5 rings (SSSR count). The fraction of sp³-hybridized carbons (Fsp3) is 0.120. The van der Waals surface area contributed by atoms with Crippen molar-refractivity contribution in [1.29, 1.82) is 0 Å². The van der Waals surface area contributed by atoms with E-state index < -0.39 is 0 Å². The van der Waals surface area contributed by atoms with E-state index >= 15 is 0 Å². The number of thioether (sulfide) groups is 1. The van der Waals surface area contributed by atoms with Crippen molar-refractivity contribution in [2.24, 2.45) is 0 Å². The maximum atomic E-state index is 12.7. The molecular weight excluding hydrogens is 537 g/mol. The molecule has 0 radical (unpaired) electrons. The van der Waals surface area contributed by atoms with Crippen LogP contribution in [0.15, 0.2) is 76.6 Å². The number of hydrogen-bond acceptors (Lipinski definition) is 7. The van der Waals surface area contributed by atoms with E-state index in [1.54, 1.807) is 24.6 Å². The van der Waals surface area contributed by atoms with Crippen LogP contribution in [-0.2, 0) is 11.2 Å². The Labute approximate surface area is 225 Å². The molecule has 11 heteroatoms. The van der Waals surface area contributed by atoms with Gasteiger partial charge in [-0.25, -0.2) is 4.98 Å².